The highest BCUT2D eigenvalue weighted by Crippen LogP contribution is 2.27. The molecule has 0 heterocycles. The molecule has 0 radical (unpaired) electrons. The molecule has 2 aromatic rings. The Morgan fingerprint density at radius 1 is 1.05 bits per heavy atom. The molecule has 0 saturated carbocycles. The minimum absolute atomic E-state index is 0.0260. The van der Waals surface area contributed by atoms with Gasteiger partial charge in [-0.2, -0.15) is 0 Å². The normalized spacial score (nSPS) is 10.3. The fourth-order valence-corrected chi connectivity index (χ4v) is 1.71. The molecule has 98 valence electrons. The van der Waals surface area contributed by atoms with E-state index in [1.54, 1.807) is 0 Å². The van der Waals surface area contributed by atoms with Crippen molar-refractivity contribution in [2.24, 2.45) is 0 Å². The van der Waals surface area contributed by atoms with E-state index in [1.165, 1.54) is 18.2 Å². The van der Waals surface area contributed by atoms with Crippen LogP contribution in [0.3, 0.4) is 0 Å². The number of ether oxygens (including phenoxy) is 1. The van der Waals surface area contributed by atoms with Gasteiger partial charge >= 0.3 is 5.97 Å². The lowest BCUT2D eigenvalue weighted by atomic mass is 10.2. The van der Waals surface area contributed by atoms with Crippen LogP contribution in [-0.2, 0) is 0 Å². The van der Waals surface area contributed by atoms with E-state index in [0.717, 1.165) is 12.1 Å². The second-order valence-corrected chi connectivity index (χ2v) is 4.06. The van der Waals surface area contributed by atoms with Crippen LogP contribution in [0.5, 0.6) is 11.5 Å². The summed E-state index contributed by atoms with van der Waals surface area (Å²) in [5.74, 6) is -2.59. The molecular weight excluding hydrogens is 278 g/mol. The molecule has 0 aliphatic carbocycles. The van der Waals surface area contributed by atoms with Gasteiger partial charge in [0.05, 0.1) is 10.6 Å². The molecule has 6 heteroatoms. The maximum Gasteiger partial charge on any atom is 0.337 e. The lowest BCUT2D eigenvalue weighted by molar-refractivity contribution is 0.0697. The predicted molar refractivity (Wildman–Crippen MR) is 64.8 cm³/mol. The van der Waals surface area contributed by atoms with Gasteiger partial charge in [0.2, 0.25) is 0 Å². The van der Waals surface area contributed by atoms with Crippen molar-refractivity contribution in [1.82, 2.24) is 0 Å². The van der Waals surface area contributed by atoms with E-state index in [4.69, 9.17) is 21.4 Å². The summed E-state index contributed by atoms with van der Waals surface area (Å²) in [6.07, 6.45) is 0. The summed E-state index contributed by atoms with van der Waals surface area (Å²) in [7, 11) is 0. The fraction of sp³-hybridized carbons (Fsp3) is 0. The van der Waals surface area contributed by atoms with Gasteiger partial charge in [-0.05, 0) is 12.1 Å². The number of carboxylic acid groups (broad SMARTS) is 1. The number of halogens is 3. The van der Waals surface area contributed by atoms with Gasteiger partial charge in [-0.25, -0.2) is 13.6 Å². The van der Waals surface area contributed by atoms with Gasteiger partial charge in [0.25, 0.3) is 0 Å². The molecule has 2 aromatic carbocycles. The van der Waals surface area contributed by atoms with Gasteiger partial charge in [-0.1, -0.05) is 11.6 Å². The number of carboxylic acids is 1. The number of carbonyl (C=O) groups is 1. The third-order valence-electron chi connectivity index (χ3n) is 2.24. The Balaban J connectivity index is 2.28. The summed E-state index contributed by atoms with van der Waals surface area (Å²) in [5, 5.41) is 8.77. The summed E-state index contributed by atoms with van der Waals surface area (Å²) in [4.78, 5) is 10.8. The standard InChI is InChI=1S/C13H7ClF2O3/c14-12-6-9(1-2-11(12)13(17)18)19-10-4-7(15)3-8(16)5-10/h1-6H,(H,17,18). The van der Waals surface area contributed by atoms with Crippen molar-refractivity contribution in [3.8, 4) is 11.5 Å². The number of hydrogen-bond donors (Lipinski definition) is 1. The first-order chi connectivity index (χ1) is 8.95. The van der Waals surface area contributed by atoms with Crippen LogP contribution in [0.2, 0.25) is 5.02 Å². The molecule has 0 bridgehead atoms. The summed E-state index contributed by atoms with van der Waals surface area (Å²) >= 11 is 5.74. The summed E-state index contributed by atoms with van der Waals surface area (Å²) in [6, 6.07) is 6.57. The van der Waals surface area contributed by atoms with Crippen LogP contribution in [0.25, 0.3) is 0 Å². The molecule has 0 spiro atoms. The molecule has 0 amide bonds. The van der Waals surface area contributed by atoms with Crippen LogP contribution < -0.4 is 4.74 Å². The van der Waals surface area contributed by atoms with E-state index in [1.807, 2.05) is 0 Å². The Kier molecular flexibility index (Phi) is 3.66. The van der Waals surface area contributed by atoms with Crippen LogP contribution in [0.15, 0.2) is 36.4 Å². The summed E-state index contributed by atoms with van der Waals surface area (Å²) in [5.41, 5.74) is -0.0839. The number of rotatable bonds is 3. The fourth-order valence-electron chi connectivity index (χ4n) is 1.46. The highest BCUT2D eigenvalue weighted by Gasteiger charge is 2.10. The maximum absolute atomic E-state index is 13.0. The molecule has 0 fully saturated rings. The third-order valence-corrected chi connectivity index (χ3v) is 2.56. The van der Waals surface area contributed by atoms with Crippen LogP contribution in [0, 0.1) is 11.6 Å². The quantitative estimate of drug-likeness (QED) is 0.922. The monoisotopic (exact) mass is 284 g/mol. The molecule has 0 atom stereocenters. The van der Waals surface area contributed by atoms with E-state index in [0.29, 0.717) is 6.07 Å². The average Bonchev–Trinajstić information content (AvgIpc) is 2.26. The Morgan fingerprint density at radius 3 is 2.21 bits per heavy atom. The minimum Gasteiger partial charge on any atom is -0.478 e. The molecule has 0 saturated heterocycles. The van der Waals surface area contributed by atoms with Crippen LogP contribution in [-0.4, -0.2) is 11.1 Å². The zero-order valence-corrected chi connectivity index (χ0v) is 10.1. The van der Waals surface area contributed by atoms with Gasteiger partial charge in [-0.3, -0.25) is 0 Å². The Labute approximate surface area is 112 Å². The molecule has 0 aliphatic rings. The van der Waals surface area contributed by atoms with Crippen molar-refractivity contribution >= 4 is 17.6 Å². The van der Waals surface area contributed by atoms with Crippen molar-refractivity contribution in [3.05, 3.63) is 58.6 Å². The second kappa shape index (κ2) is 5.24. The zero-order chi connectivity index (χ0) is 14.0. The van der Waals surface area contributed by atoms with Gasteiger partial charge < -0.3 is 9.84 Å². The van der Waals surface area contributed by atoms with Crippen molar-refractivity contribution in [2.45, 2.75) is 0 Å². The molecular formula is C13H7ClF2O3. The van der Waals surface area contributed by atoms with E-state index in [2.05, 4.69) is 0 Å². The Bertz CT molecular complexity index is 624. The largest absolute Gasteiger partial charge is 0.478 e. The third kappa shape index (κ3) is 3.20. The number of benzene rings is 2. The lowest BCUT2D eigenvalue weighted by Gasteiger charge is -2.07. The first-order valence-electron chi connectivity index (χ1n) is 5.12. The van der Waals surface area contributed by atoms with Crippen LogP contribution in [0.1, 0.15) is 10.4 Å². The second-order valence-electron chi connectivity index (χ2n) is 3.65. The molecule has 19 heavy (non-hydrogen) atoms. The van der Waals surface area contributed by atoms with Gasteiger partial charge in [0.15, 0.2) is 0 Å². The first-order valence-corrected chi connectivity index (χ1v) is 5.50. The molecule has 0 unspecified atom stereocenters. The molecule has 2 rings (SSSR count). The Morgan fingerprint density at radius 2 is 1.68 bits per heavy atom. The van der Waals surface area contributed by atoms with Crippen molar-refractivity contribution in [1.29, 1.82) is 0 Å². The lowest BCUT2D eigenvalue weighted by Crippen LogP contribution is -1.97. The maximum atomic E-state index is 13.0. The number of aromatic carboxylic acids is 1. The molecule has 1 N–H and O–H groups in total. The minimum atomic E-state index is -1.17. The van der Waals surface area contributed by atoms with Crippen molar-refractivity contribution in [2.75, 3.05) is 0 Å². The predicted octanol–water partition coefficient (Wildman–Crippen LogP) is 4.11. The van der Waals surface area contributed by atoms with E-state index in [9.17, 15) is 13.6 Å². The molecule has 3 nitrogen and oxygen atoms in total. The Hall–Kier alpha value is -2.14. The SMILES string of the molecule is O=C(O)c1ccc(Oc2cc(F)cc(F)c2)cc1Cl. The average molecular weight is 285 g/mol. The highest BCUT2D eigenvalue weighted by molar-refractivity contribution is 6.33. The number of hydrogen-bond acceptors (Lipinski definition) is 2. The van der Waals surface area contributed by atoms with Gasteiger partial charge in [0, 0.05) is 24.3 Å². The zero-order valence-electron chi connectivity index (χ0n) is 9.36. The summed E-state index contributed by atoms with van der Waals surface area (Å²) in [6.45, 7) is 0. The summed E-state index contributed by atoms with van der Waals surface area (Å²) < 4.78 is 31.1. The van der Waals surface area contributed by atoms with E-state index >= 15 is 0 Å². The highest BCUT2D eigenvalue weighted by atomic mass is 35.5. The van der Waals surface area contributed by atoms with Gasteiger partial charge in [-0.15, -0.1) is 0 Å². The van der Waals surface area contributed by atoms with Crippen molar-refractivity contribution < 1.29 is 23.4 Å². The molecule has 0 aliphatic heterocycles. The van der Waals surface area contributed by atoms with Crippen LogP contribution in [0.4, 0.5) is 8.78 Å². The van der Waals surface area contributed by atoms with E-state index < -0.39 is 17.6 Å². The van der Waals surface area contributed by atoms with E-state index in [-0.39, 0.29) is 22.1 Å². The first kappa shape index (κ1) is 13.3. The van der Waals surface area contributed by atoms with Gasteiger partial charge in [0.1, 0.15) is 23.1 Å². The smallest absolute Gasteiger partial charge is 0.337 e. The van der Waals surface area contributed by atoms with Crippen LogP contribution >= 0.6 is 11.6 Å². The molecule has 0 aromatic heterocycles. The van der Waals surface area contributed by atoms with Crippen molar-refractivity contribution in [3.63, 3.8) is 0 Å². The topological polar surface area (TPSA) is 46.5 Å².